The molecule has 4 N–H and O–H groups in total. The summed E-state index contributed by atoms with van der Waals surface area (Å²) < 4.78 is 0. The number of aliphatic hydroxyl groups excluding tert-OH is 1. The Labute approximate surface area is 100 Å². The number of aliphatic hydroxyl groups is 1. The van der Waals surface area contributed by atoms with Crippen LogP contribution in [0.1, 0.15) is 24.3 Å². The van der Waals surface area contributed by atoms with Crippen LogP contribution in [0, 0.1) is 0 Å². The highest BCUT2D eigenvalue weighted by Gasteiger charge is 2.19. The molecule has 17 heavy (non-hydrogen) atoms. The van der Waals surface area contributed by atoms with Crippen molar-refractivity contribution in [3.8, 4) is 0 Å². The lowest BCUT2D eigenvalue weighted by atomic mass is 10.2. The monoisotopic (exact) mass is 238 g/mol. The van der Waals surface area contributed by atoms with E-state index in [2.05, 4.69) is 10.4 Å². The zero-order chi connectivity index (χ0) is 12.8. The molecule has 1 rings (SSSR count). The molecule has 94 valence electrons. The van der Waals surface area contributed by atoms with Gasteiger partial charge in [0.1, 0.15) is 5.69 Å². The summed E-state index contributed by atoms with van der Waals surface area (Å²) in [7, 11) is 0. The quantitative estimate of drug-likeness (QED) is 0.504. The van der Waals surface area contributed by atoms with Crippen molar-refractivity contribution in [2.75, 3.05) is 18.6 Å². The fraction of sp³-hybridized carbons (Fsp3) is 0.455. The molecule has 1 amide bonds. The van der Waals surface area contributed by atoms with Gasteiger partial charge in [-0.15, -0.1) is 0 Å². The van der Waals surface area contributed by atoms with E-state index >= 15 is 0 Å². The number of rotatable bonds is 5. The Balaban J connectivity index is 2.92. The van der Waals surface area contributed by atoms with Crippen molar-refractivity contribution in [1.82, 2.24) is 9.88 Å². The van der Waals surface area contributed by atoms with Gasteiger partial charge in [0.25, 0.3) is 5.91 Å². The van der Waals surface area contributed by atoms with Crippen molar-refractivity contribution < 1.29 is 9.90 Å². The number of carbonyl (C=O) groups excluding carboxylic acids is 1. The van der Waals surface area contributed by atoms with Crippen LogP contribution in [0.2, 0.25) is 0 Å². The molecule has 0 aliphatic rings. The first-order chi connectivity index (χ1) is 8.10. The number of nitrogens with zero attached hydrogens (tertiary/aromatic N) is 2. The Morgan fingerprint density at radius 2 is 2.35 bits per heavy atom. The fourth-order valence-corrected chi connectivity index (χ4v) is 1.49. The molecule has 0 bridgehead atoms. The summed E-state index contributed by atoms with van der Waals surface area (Å²) in [5.41, 5.74) is 3.39. The zero-order valence-electron chi connectivity index (χ0n) is 10.1. The van der Waals surface area contributed by atoms with Gasteiger partial charge < -0.3 is 15.4 Å². The molecule has 0 saturated heterocycles. The van der Waals surface area contributed by atoms with Crippen molar-refractivity contribution in [3.05, 3.63) is 24.0 Å². The predicted molar refractivity (Wildman–Crippen MR) is 65.3 cm³/mol. The Bertz CT molecular complexity index is 381. The topological polar surface area (TPSA) is 91.5 Å². The van der Waals surface area contributed by atoms with Gasteiger partial charge in [0, 0.05) is 18.8 Å². The van der Waals surface area contributed by atoms with E-state index in [-0.39, 0.29) is 18.6 Å². The summed E-state index contributed by atoms with van der Waals surface area (Å²) in [5.74, 6) is 5.05. The highest BCUT2D eigenvalue weighted by molar-refractivity contribution is 5.93. The van der Waals surface area contributed by atoms with Gasteiger partial charge in [-0.1, -0.05) is 0 Å². The SMILES string of the molecule is CC(C)N(CCO)C(=O)c1cc(NN)ccn1. The van der Waals surface area contributed by atoms with Crippen molar-refractivity contribution in [1.29, 1.82) is 0 Å². The summed E-state index contributed by atoms with van der Waals surface area (Å²) >= 11 is 0. The van der Waals surface area contributed by atoms with Crippen LogP contribution in [-0.4, -0.2) is 40.1 Å². The van der Waals surface area contributed by atoms with E-state index in [1.54, 1.807) is 17.0 Å². The third-order valence-electron chi connectivity index (χ3n) is 2.37. The highest BCUT2D eigenvalue weighted by atomic mass is 16.3. The molecule has 0 fully saturated rings. The van der Waals surface area contributed by atoms with E-state index in [9.17, 15) is 4.79 Å². The fourth-order valence-electron chi connectivity index (χ4n) is 1.49. The lowest BCUT2D eigenvalue weighted by molar-refractivity contribution is 0.0659. The van der Waals surface area contributed by atoms with Gasteiger partial charge in [-0.25, -0.2) is 0 Å². The lowest BCUT2D eigenvalue weighted by Gasteiger charge is -2.25. The van der Waals surface area contributed by atoms with Crippen LogP contribution in [0.25, 0.3) is 0 Å². The van der Waals surface area contributed by atoms with Crippen LogP contribution in [0.5, 0.6) is 0 Å². The zero-order valence-corrected chi connectivity index (χ0v) is 10.1. The third-order valence-corrected chi connectivity index (χ3v) is 2.37. The lowest BCUT2D eigenvalue weighted by Crippen LogP contribution is -2.39. The van der Waals surface area contributed by atoms with Crippen molar-refractivity contribution in [3.63, 3.8) is 0 Å². The van der Waals surface area contributed by atoms with Gasteiger partial charge in [0.2, 0.25) is 0 Å². The third kappa shape index (κ3) is 3.40. The van der Waals surface area contributed by atoms with E-state index < -0.39 is 0 Å². The number of hydrogen-bond acceptors (Lipinski definition) is 5. The first-order valence-corrected chi connectivity index (χ1v) is 5.44. The van der Waals surface area contributed by atoms with E-state index in [0.717, 1.165) is 0 Å². The van der Waals surface area contributed by atoms with E-state index in [1.165, 1.54) is 6.20 Å². The largest absolute Gasteiger partial charge is 0.395 e. The van der Waals surface area contributed by atoms with Crippen molar-refractivity contribution >= 4 is 11.6 Å². The molecule has 0 aromatic carbocycles. The molecule has 1 heterocycles. The number of hydrazine groups is 1. The van der Waals surface area contributed by atoms with Crippen molar-refractivity contribution in [2.24, 2.45) is 5.84 Å². The second kappa shape index (κ2) is 6.17. The average molecular weight is 238 g/mol. The molecule has 0 spiro atoms. The number of nitrogens with one attached hydrogen (secondary N) is 1. The van der Waals surface area contributed by atoms with E-state index in [4.69, 9.17) is 10.9 Å². The molecular weight excluding hydrogens is 220 g/mol. The summed E-state index contributed by atoms with van der Waals surface area (Å²) in [4.78, 5) is 17.7. The maximum absolute atomic E-state index is 12.1. The second-order valence-electron chi connectivity index (χ2n) is 3.89. The number of carbonyl (C=O) groups is 1. The normalized spacial score (nSPS) is 10.4. The number of nitrogens with two attached hydrogens (primary N) is 1. The Hall–Kier alpha value is -1.66. The molecule has 0 aliphatic heterocycles. The Morgan fingerprint density at radius 3 is 2.88 bits per heavy atom. The Kier molecular flexibility index (Phi) is 4.86. The maximum atomic E-state index is 12.1. The molecule has 6 nitrogen and oxygen atoms in total. The van der Waals surface area contributed by atoms with Gasteiger partial charge in [0.15, 0.2) is 0 Å². The van der Waals surface area contributed by atoms with Crippen LogP contribution >= 0.6 is 0 Å². The summed E-state index contributed by atoms with van der Waals surface area (Å²) in [6, 6.07) is 3.25. The molecule has 1 aromatic rings. The molecule has 1 aromatic heterocycles. The van der Waals surface area contributed by atoms with Crippen LogP contribution in [-0.2, 0) is 0 Å². The van der Waals surface area contributed by atoms with Gasteiger partial charge in [-0.3, -0.25) is 15.6 Å². The minimum atomic E-state index is -0.217. The van der Waals surface area contributed by atoms with Crippen LogP contribution in [0.4, 0.5) is 5.69 Å². The number of amides is 1. The van der Waals surface area contributed by atoms with Crippen LogP contribution in [0.15, 0.2) is 18.3 Å². The number of anilines is 1. The van der Waals surface area contributed by atoms with Crippen LogP contribution in [0.3, 0.4) is 0 Å². The highest BCUT2D eigenvalue weighted by Crippen LogP contribution is 2.10. The molecular formula is C11H18N4O2. The van der Waals surface area contributed by atoms with E-state index in [1.807, 2.05) is 13.8 Å². The smallest absolute Gasteiger partial charge is 0.272 e. The predicted octanol–water partition coefficient (Wildman–Crippen LogP) is 0.210. The maximum Gasteiger partial charge on any atom is 0.272 e. The first-order valence-electron chi connectivity index (χ1n) is 5.44. The minimum absolute atomic E-state index is 0.00550. The molecule has 0 unspecified atom stereocenters. The van der Waals surface area contributed by atoms with Gasteiger partial charge in [0.05, 0.1) is 12.3 Å². The van der Waals surface area contributed by atoms with Gasteiger partial charge in [-0.05, 0) is 26.0 Å². The summed E-state index contributed by atoms with van der Waals surface area (Å²) in [5, 5.41) is 8.94. The summed E-state index contributed by atoms with van der Waals surface area (Å²) in [6.07, 6.45) is 1.51. The van der Waals surface area contributed by atoms with Gasteiger partial charge >= 0.3 is 0 Å². The minimum Gasteiger partial charge on any atom is -0.395 e. The van der Waals surface area contributed by atoms with Crippen molar-refractivity contribution in [2.45, 2.75) is 19.9 Å². The molecule has 6 heteroatoms. The van der Waals surface area contributed by atoms with Crippen LogP contribution < -0.4 is 11.3 Å². The molecule has 0 aliphatic carbocycles. The molecule has 0 saturated carbocycles. The second-order valence-corrected chi connectivity index (χ2v) is 3.89. The molecule has 0 radical (unpaired) electrons. The van der Waals surface area contributed by atoms with E-state index in [0.29, 0.717) is 17.9 Å². The average Bonchev–Trinajstić information content (AvgIpc) is 2.34. The number of aromatic nitrogens is 1. The number of nitrogen functional groups attached to an aromatic ring is 1. The van der Waals surface area contributed by atoms with Gasteiger partial charge in [-0.2, -0.15) is 0 Å². The first kappa shape index (κ1) is 13.4. The molecule has 0 atom stereocenters. The Morgan fingerprint density at radius 1 is 1.65 bits per heavy atom. The number of hydrogen-bond donors (Lipinski definition) is 3. The standard InChI is InChI=1S/C11H18N4O2/c1-8(2)15(5-6-16)11(17)10-7-9(14-12)3-4-13-10/h3-4,7-8,16H,5-6,12H2,1-2H3,(H,13,14). The summed E-state index contributed by atoms with van der Waals surface area (Å²) in [6.45, 7) is 3.99. The number of pyridine rings is 1.